The molecule has 68 valence electrons. The van der Waals surface area contributed by atoms with Gasteiger partial charge in [0.15, 0.2) is 0 Å². The average molecular weight is 164 g/mol. The molecule has 11 heavy (non-hydrogen) atoms. The van der Waals surface area contributed by atoms with Crippen molar-refractivity contribution in [1.82, 2.24) is 0 Å². The lowest BCUT2D eigenvalue weighted by Crippen LogP contribution is -2.54. The third-order valence-electron chi connectivity index (χ3n) is 1.82. The van der Waals surface area contributed by atoms with Gasteiger partial charge in [0.1, 0.15) is 5.60 Å². The average Bonchev–Trinajstić information content (AvgIpc) is 2.02. The molecule has 0 radical (unpaired) electrons. The molecule has 0 aliphatic carbocycles. The molecule has 0 atom stereocenters. The Kier molecular flexibility index (Phi) is 3.44. The van der Waals surface area contributed by atoms with Crippen LogP contribution in [0.1, 0.15) is 13.8 Å². The monoisotopic (exact) mass is 164 g/mol. The summed E-state index contributed by atoms with van der Waals surface area (Å²) in [7, 11) is 4.18. The van der Waals surface area contributed by atoms with Gasteiger partial charge in [-0.2, -0.15) is 0 Å². The summed E-state index contributed by atoms with van der Waals surface area (Å²) in [4.78, 5) is 0. The summed E-state index contributed by atoms with van der Waals surface area (Å²) in [6.45, 7) is 3.33. The maximum absolute atomic E-state index is 9.59. The number of rotatable bonds is 4. The molecule has 1 N–H and O–H groups in total. The van der Waals surface area contributed by atoms with Gasteiger partial charge in [0.05, 0.1) is 0 Å². The molecule has 0 rings (SSSR count). The van der Waals surface area contributed by atoms with E-state index < -0.39 is 11.6 Å². The molecule has 0 heterocycles. The number of ether oxygens (including phenoxy) is 3. The number of hydrogen-bond donors (Lipinski definition) is 1. The van der Waals surface area contributed by atoms with E-state index in [1.807, 2.05) is 0 Å². The van der Waals surface area contributed by atoms with Crippen molar-refractivity contribution >= 4 is 0 Å². The van der Waals surface area contributed by atoms with Crippen LogP contribution in [0, 0.1) is 0 Å². The van der Waals surface area contributed by atoms with E-state index in [-0.39, 0.29) is 0 Å². The molecule has 0 aromatic heterocycles. The minimum absolute atomic E-state index is 0.892. The SMILES string of the molecule is COC(C)(C)C(O)(OC)OC. The Bertz CT molecular complexity index is 118. The van der Waals surface area contributed by atoms with Crippen molar-refractivity contribution in [2.45, 2.75) is 25.4 Å². The second-order valence-corrected chi connectivity index (χ2v) is 2.70. The normalized spacial score (nSPS) is 13.6. The van der Waals surface area contributed by atoms with Crippen LogP contribution in [0.4, 0.5) is 0 Å². The first kappa shape index (κ1) is 10.8. The molecule has 0 aromatic carbocycles. The lowest BCUT2D eigenvalue weighted by atomic mass is 10.1. The topological polar surface area (TPSA) is 47.9 Å². The first-order valence-corrected chi connectivity index (χ1v) is 3.31. The Hall–Kier alpha value is -0.160. The summed E-state index contributed by atoms with van der Waals surface area (Å²) < 4.78 is 14.5. The highest BCUT2D eigenvalue weighted by atomic mass is 16.8. The van der Waals surface area contributed by atoms with Crippen LogP contribution in [0.25, 0.3) is 0 Å². The van der Waals surface area contributed by atoms with Gasteiger partial charge >= 0.3 is 5.97 Å². The molecule has 0 saturated heterocycles. The van der Waals surface area contributed by atoms with E-state index in [0.29, 0.717) is 0 Å². The largest absolute Gasteiger partial charge is 0.370 e. The fourth-order valence-electron chi connectivity index (χ4n) is 0.704. The maximum atomic E-state index is 9.59. The molecule has 0 aromatic rings. The fraction of sp³-hybridized carbons (Fsp3) is 1.00. The Labute approximate surface area is 67.1 Å². The fourth-order valence-corrected chi connectivity index (χ4v) is 0.704. The van der Waals surface area contributed by atoms with E-state index in [9.17, 15) is 5.11 Å². The van der Waals surface area contributed by atoms with Gasteiger partial charge in [-0.3, -0.25) is 0 Å². The van der Waals surface area contributed by atoms with E-state index >= 15 is 0 Å². The lowest BCUT2D eigenvalue weighted by Gasteiger charge is -2.37. The molecule has 0 unspecified atom stereocenters. The van der Waals surface area contributed by atoms with Gasteiger partial charge < -0.3 is 19.3 Å². The molecule has 0 fully saturated rings. The second kappa shape index (κ2) is 3.49. The highest BCUT2D eigenvalue weighted by Crippen LogP contribution is 2.26. The molecular weight excluding hydrogens is 148 g/mol. The van der Waals surface area contributed by atoms with E-state index in [4.69, 9.17) is 14.2 Å². The quantitative estimate of drug-likeness (QED) is 0.609. The second-order valence-electron chi connectivity index (χ2n) is 2.70. The zero-order valence-corrected chi connectivity index (χ0v) is 7.67. The lowest BCUT2D eigenvalue weighted by molar-refractivity contribution is -0.406. The van der Waals surface area contributed by atoms with E-state index in [1.54, 1.807) is 13.8 Å². The van der Waals surface area contributed by atoms with Crippen molar-refractivity contribution in [1.29, 1.82) is 0 Å². The van der Waals surface area contributed by atoms with Crippen LogP contribution in [0.15, 0.2) is 0 Å². The first-order chi connectivity index (χ1) is 4.93. The Morgan fingerprint density at radius 3 is 1.36 bits per heavy atom. The van der Waals surface area contributed by atoms with Crippen LogP contribution in [0.5, 0.6) is 0 Å². The molecule has 4 nitrogen and oxygen atoms in total. The van der Waals surface area contributed by atoms with Gasteiger partial charge in [0.2, 0.25) is 0 Å². The van der Waals surface area contributed by atoms with Crippen LogP contribution in [0.2, 0.25) is 0 Å². The van der Waals surface area contributed by atoms with E-state index in [2.05, 4.69) is 0 Å². The van der Waals surface area contributed by atoms with Crippen LogP contribution < -0.4 is 0 Å². The van der Waals surface area contributed by atoms with Crippen LogP contribution in [0.3, 0.4) is 0 Å². The zero-order valence-electron chi connectivity index (χ0n) is 7.67. The van der Waals surface area contributed by atoms with Crippen molar-refractivity contribution in [2.75, 3.05) is 21.3 Å². The third-order valence-corrected chi connectivity index (χ3v) is 1.82. The Balaban J connectivity index is 4.47. The molecule has 0 spiro atoms. The predicted octanol–water partition coefficient (Wildman–Crippen LogP) is 0.350. The number of methoxy groups -OCH3 is 3. The molecule has 4 heteroatoms. The van der Waals surface area contributed by atoms with Gasteiger partial charge in [0, 0.05) is 21.3 Å². The van der Waals surface area contributed by atoms with Crippen molar-refractivity contribution in [2.24, 2.45) is 0 Å². The third kappa shape index (κ3) is 1.90. The standard InChI is InChI=1S/C7H16O4/c1-6(2,9-3)7(8,10-4)11-5/h8H,1-5H3. The van der Waals surface area contributed by atoms with Crippen molar-refractivity contribution in [3.8, 4) is 0 Å². The summed E-state index contributed by atoms with van der Waals surface area (Å²) in [6, 6.07) is 0. The smallest absolute Gasteiger partial charge is 0.310 e. The van der Waals surface area contributed by atoms with Crippen LogP contribution in [-0.4, -0.2) is 38.0 Å². The van der Waals surface area contributed by atoms with Gasteiger partial charge in [-0.1, -0.05) is 0 Å². The van der Waals surface area contributed by atoms with Gasteiger partial charge in [-0.05, 0) is 13.8 Å². The van der Waals surface area contributed by atoms with Crippen LogP contribution >= 0.6 is 0 Å². The summed E-state index contributed by atoms with van der Waals surface area (Å²) in [6.07, 6.45) is 0. The summed E-state index contributed by atoms with van der Waals surface area (Å²) >= 11 is 0. The van der Waals surface area contributed by atoms with Gasteiger partial charge in [-0.25, -0.2) is 0 Å². The van der Waals surface area contributed by atoms with E-state index in [1.165, 1.54) is 21.3 Å². The van der Waals surface area contributed by atoms with Crippen molar-refractivity contribution in [3.63, 3.8) is 0 Å². The number of hydrogen-bond acceptors (Lipinski definition) is 4. The maximum Gasteiger partial charge on any atom is 0.310 e. The highest BCUT2D eigenvalue weighted by molar-refractivity contribution is 4.78. The number of aliphatic hydroxyl groups is 1. The molecule has 0 saturated carbocycles. The van der Waals surface area contributed by atoms with Gasteiger partial charge in [-0.15, -0.1) is 0 Å². The summed E-state index contributed by atoms with van der Waals surface area (Å²) in [5.74, 6) is -1.69. The molecule has 0 aliphatic heterocycles. The summed E-state index contributed by atoms with van der Waals surface area (Å²) in [5, 5.41) is 9.59. The molecular formula is C7H16O4. The minimum Gasteiger partial charge on any atom is -0.370 e. The molecule has 0 amide bonds. The Morgan fingerprint density at radius 2 is 1.27 bits per heavy atom. The van der Waals surface area contributed by atoms with Crippen LogP contribution in [-0.2, 0) is 14.2 Å². The summed E-state index contributed by atoms with van der Waals surface area (Å²) in [5.41, 5.74) is -0.892. The van der Waals surface area contributed by atoms with Crippen molar-refractivity contribution in [3.05, 3.63) is 0 Å². The predicted molar refractivity (Wildman–Crippen MR) is 40.1 cm³/mol. The van der Waals surface area contributed by atoms with Crippen molar-refractivity contribution < 1.29 is 19.3 Å². The van der Waals surface area contributed by atoms with E-state index in [0.717, 1.165) is 0 Å². The minimum atomic E-state index is -1.69. The molecule has 0 aliphatic rings. The Morgan fingerprint density at radius 1 is 0.909 bits per heavy atom. The molecule has 0 bridgehead atoms. The highest BCUT2D eigenvalue weighted by Gasteiger charge is 2.45. The zero-order chi connectivity index (χ0) is 9.12. The van der Waals surface area contributed by atoms with Gasteiger partial charge in [0.25, 0.3) is 0 Å². The first-order valence-electron chi connectivity index (χ1n) is 3.31.